The molecule has 0 saturated carbocycles. The first-order valence-corrected chi connectivity index (χ1v) is 5.75. The molecule has 1 aromatic carbocycles. The molecule has 0 bridgehead atoms. The van der Waals surface area contributed by atoms with E-state index in [2.05, 4.69) is 20.9 Å². The molecule has 5 heteroatoms. The number of nitrogens with zero attached hydrogens (tertiary/aromatic N) is 1. The number of aromatic nitrogens is 1. The number of pyridine rings is 1. The third-order valence-electron chi connectivity index (χ3n) is 2.13. The van der Waals surface area contributed by atoms with Crippen molar-refractivity contribution in [3.05, 3.63) is 52.5 Å². The summed E-state index contributed by atoms with van der Waals surface area (Å²) in [6.07, 6.45) is 3.25. The molecule has 1 aromatic heterocycles. The van der Waals surface area contributed by atoms with E-state index < -0.39 is 0 Å². The van der Waals surface area contributed by atoms with Gasteiger partial charge in [-0.2, -0.15) is 0 Å². The van der Waals surface area contributed by atoms with Gasteiger partial charge in [-0.15, -0.1) is 0 Å². The van der Waals surface area contributed by atoms with Crippen molar-refractivity contribution in [1.82, 2.24) is 4.98 Å². The summed E-state index contributed by atoms with van der Waals surface area (Å²) >= 11 is 3.23. The largest absolute Gasteiger partial charge is 0.455 e. The third-order valence-corrected chi connectivity index (χ3v) is 2.75. The van der Waals surface area contributed by atoms with Crippen LogP contribution >= 0.6 is 15.9 Å². The first-order chi connectivity index (χ1) is 8.19. The monoisotopic (exact) mass is 296 g/mol. The highest BCUT2D eigenvalue weighted by Crippen LogP contribution is 2.30. The Morgan fingerprint density at radius 3 is 2.82 bits per heavy atom. The van der Waals surface area contributed by atoms with Crippen LogP contribution in [0.25, 0.3) is 0 Å². The van der Waals surface area contributed by atoms with Crippen LogP contribution in [0.15, 0.2) is 41.1 Å². The van der Waals surface area contributed by atoms with Crippen molar-refractivity contribution in [3.63, 3.8) is 0 Å². The van der Waals surface area contributed by atoms with Crippen molar-refractivity contribution < 1.29 is 9.13 Å². The number of rotatable bonds is 3. The van der Waals surface area contributed by atoms with Gasteiger partial charge in [0.15, 0.2) is 0 Å². The molecule has 0 amide bonds. The van der Waals surface area contributed by atoms with Crippen molar-refractivity contribution in [1.29, 1.82) is 0 Å². The van der Waals surface area contributed by atoms with Crippen LogP contribution in [0.1, 0.15) is 5.56 Å². The average molecular weight is 297 g/mol. The minimum atomic E-state index is -0.321. The summed E-state index contributed by atoms with van der Waals surface area (Å²) in [6, 6.07) is 6.02. The van der Waals surface area contributed by atoms with Crippen molar-refractivity contribution >= 4 is 15.9 Å². The lowest BCUT2D eigenvalue weighted by molar-refractivity contribution is 0.474. The van der Waals surface area contributed by atoms with Crippen LogP contribution in [0, 0.1) is 5.82 Å². The molecule has 3 nitrogen and oxygen atoms in total. The second-order valence-electron chi connectivity index (χ2n) is 3.41. The SMILES string of the molecule is NCc1cncc(Oc2ccc(F)cc2Br)c1. The van der Waals surface area contributed by atoms with E-state index in [9.17, 15) is 4.39 Å². The van der Waals surface area contributed by atoms with Crippen LogP contribution in [0.3, 0.4) is 0 Å². The lowest BCUT2D eigenvalue weighted by Crippen LogP contribution is -1.97. The Bertz CT molecular complexity index is 534. The molecule has 0 aliphatic carbocycles. The van der Waals surface area contributed by atoms with E-state index in [1.54, 1.807) is 24.5 Å². The second-order valence-corrected chi connectivity index (χ2v) is 4.26. The van der Waals surface area contributed by atoms with Crippen LogP contribution in [-0.4, -0.2) is 4.98 Å². The highest BCUT2D eigenvalue weighted by Gasteiger charge is 2.04. The van der Waals surface area contributed by atoms with E-state index in [1.807, 2.05) is 0 Å². The van der Waals surface area contributed by atoms with E-state index >= 15 is 0 Å². The Morgan fingerprint density at radius 1 is 1.29 bits per heavy atom. The Balaban J connectivity index is 2.25. The van der Waals surface area contributed by atoms with Crippen molar-refractivity contribution in [2.75, 3.05) is 0 Å². The van der Waals surface area contributed by atoms with E-state index in [4.69, 9.17) is 10.5 Å². The molecule has 0 saturated heterocycles. The summed E-state index contributed by atoms with van der Waals surface area (Å²) in [7, 11) is 0. The fraction of sp³-hybridized carbons (Fsp3) is 0.0833. The quantitative estimate of drug-likeness (QED) is 0.946. The molecule has 0 radical (unpaired) electrons. The Morgan fingerprint density at radius 2 is 2.12 bits per heavy atom. The lowest BCUT2D eigenvalue weighted by atomic mass is 10.3. The van der Waals surface area contributed by atoms with Gasteiger partial charge >= 0.3 is 0 Å². The normalized spacial score (nSPS) is 10.3. The maximum atomic E-state index is 12.9. The highest BCUT2D eigenvalue weighted by molar-refractivity contribution is 9.10. The zero-order valence-electron chi connectivity index (χ0n) is 8.86. The number of hydrogen-bond acceptors (Lipinski definition) is 3. The van der Waals surface area contributed by atoms with Gasteiger partial charge in [0.05, 0.1) is 10.7 Å². The predicted octanol–water partition coefficient (Wildman–Crippen LogP) is 3.23. The summed E-state index contributed by atoms with van der Waals surface area (Å²) in [6.45, 7) is 0.398. The first-order valence-electron chi connectivity index (χ1n) is 4.96. The Labute approximate surface area is 107 Å². The maximum absolute atomic E-state index is 12.9. The number of nitrogens with two attached hydrogens (primary N) is 1. The summed E-state index contributed by atoms with van der Waals surface area (Å²) in [5.74, 6) is 0.778. The zero-order chi connectivity index (χ0) is 12.3. The molecule has 2 N–H and O–H groups in total. The second kappa shape index (κ2) is 5.25. The van der Waals surface area contributed by atoms with Crippen LogP contribution < -0.4 is 10.5 Å². The molecule has 2 rings (SSSR count). The number of hydrogen-bond donors (Lipinski definition) is 1. The van der Waals surface area contributed by atoms with Gasteiger partial charge in [-0.05, 0) is 45.8 Å². The van der Waals surface area contributed by atoms with Gasteiger partial charge in [0.1, 0.15) is 17.3 Å². The summed E-state index contributed by atoms with van der Waals surface area (Å²) in [5.41, 5.74) is 6.38. The molecule has 88 valence electrons. The van der Waals surface area contributed by atoms with Gasteiger partial charge in [-0.3, -0.25) is 4.98 Å². The van der Waals surface area contributed by atoms with Crippen molar-refractivity contribution in [2.24, 2.45) is 5.73 Å². The van der Waals surface area contributed by atoms with E-state index in [1.165, 1.54) is 12.1 Å². The van der Waals surface area contributed by atoms with E-state index in [0.717, 1.165) is 5.56 Å². The molecule has 2 aromatic rings. The fourth-order valence-corrected chi connectivity index (χ4v) is 1.75. The molecular formula is C12H10BrFN2O. The zero-order valence-corrected chi connectivity index (χ0v) is 10.4. The van der Waals surface area contributed by atoms with Crippen LogP contribution in [0.5, 0.6) is 11.5 Å². The molecule has 0 unspecified atom stereocenters. The maximum Gasteiger partial charge on any atom is 0.146 e. The first kappa shape index (κ1) is 12.0. The standard InChI is InChI=1S/C12H10BrFN2O/c13-11-4-9(14)1-2-12(11)17-10-3-8(5-15)6-16-7-10/h1-4,6-7H,5,15H2. The number of halogens is 2. The van der Waals surface area contributed by atoms with E-state index in [-0.39, 0.29) is 5.82 Å². The van der Waals surface area contributed by atoms with Gasteiger partial charge in [0.2, 0.25) is 0 Å². The van der Waals surface area contributed by atoms with Crippen LogP contribution in [0.2, 0.25) is 0 Å². The molecule has 0 fully saturated rings. The summed E-state index contributed by atoms with van der Waals surface area (Å²) in [4.78, 5) is 4.00. The van der Waals surface area contributed by atoms with Crippen molar-refractivity contribution in [3.8, 4) is 11.5 Å². The Kier molecular flexibility index (Phi) is 3.71. The fourth-order valence-electron chi connectivity index (χ4n) is 1.32. The highest BCUT2D eigenvalue weighted by atomic mass is 79.9. The minimum absolute atomic E-state index is 0.321. The minimum Gasteiger partial charge on any atom is -0.455 e. The molecule has 0 aliphatic rings. The summed E-state index contributed by atoms with van der Waals surface area (Å²) in [5, 5.41) is 0. The lowest BCUT2D eigenvalue weighted by Gasteiger charge is -2.08. The van der Waals surface area contributed by atoms with Gasteiger partial charge in [-0.25, -0.2) is 4.39 Å². The third kappa shape index (κ3) is 3.01. The Hall–Kier alpha value is -1.46. The molecular weight excluding hydrogens is 287 g/mol. The van der Waals surface area contributed by atoms with Gasteiger partial charge in [0, 0.05) is 12.7 Å². The molecule has 0 spiro atoms. The molecule has 17 heavy (non-hydrogen) atoms. The van der Waals surface area contributed by atoms with Crippen molar-refractivity contribution in [2.45, 2.75) is 6.54 Å². The van der Waals surface area contributed by atoms with E-state index in [0.29, 0.717) is 22.5 Å². The topological polar surface area (TPSA) is 48.1 Å². The summed E-state index contributed by atoms with van der Waals surface area (Å²) < 4.78 is 19.0. The predicted molar refractivity (Wildman–Crippen MR) is 66.3 cm³/mol. The number of benzene rings is 1. The molecule has 0 atom stereocenters. The molecule has 0 aliphatic heterocycles. The van der Waals surface area contributed by atoms with Gasteiger partial charge < -0.3 is 10.5 Å². The number of ether oxygens (including phenoxy) is 1. The smallest absolute Gasteiger partial charge is 0.146 e. The van der Waals surface area contributed by atoms with Gasteiger partial charge in [0.25, 0.3) is 0 Å². The van der Waals surface area contributed by atoms with Crippen LogP contribution in [0.4, 0.5) is 4.39 Å². The van der Waals surface area contributed by atoms with Crippen LogP contribution in [-0.2, 0) is 6.54 Å². The van der Waals surface area contributed by atoms with Gasteiger partial charge in [-0.1, -0.05) is 0 Å². The molecule has 1 heterocycles. The average Bonchev–Trinajstić information content (AvgIpc) is 2.33.